The van der Waals surface area contributed by atoms with Crippen molar-refractivity contribution < 1.29 is 19.8 Å². The highest BCUT2D eigenvalue weighted by atomic mass is 16.3. The van der Waals surface area contributed by atoms with Gasteiger partial charge in [0, 0.05) is 34.9 Å². The molecule has 6 aromatic rings. The van der Waals surface area contributed by atoms with Gasteiger partial charge in [0.25, 0.3) is 11.8 Å². The highest BCUT2D eigenvalue weighted by Gasteiger charge is 2.34. The SMILES string of the molecule is Cc1nc2cccc(-c3cc4c([nH]3)C(CO)NC4=O)c2nc1NC(C)(C)C.Cc1nc2cccc(-c3cc4c(n3C)C(CO)NC4=O)c2nc1NC(C)(C)C. The summed E-state index contributed by atoms with van der Waals surface area (Å²) in [4.78, 5) is 46.8. The molecule has 2 atom stereocenters. The summed E-state index contributed by atoms with van der Waals surface area (Å²) in [6.07, 6.45) is 0. The summed E-state index contributed by atoms with van der Waals surface area (Å²) in [5.74, 6) is 1.16. The first-order chi connectivity index (χ1) is 26.0. The molecule has 0 bridgehead atoms. The number of H-pyrrole nitrogens is 1. The summed E-state index contributed by atoms with van der Waals surface area (Å²) in [6, 6.07) is 14.6. The number of nitrogens with one attached hydrogen (secondary N) is 5. The average Bonchev–Trinajstić information content (AvgIpc) is 3.85. The van der Waals surface area contributed by atoms with E-state index in [0.717, 1.165) is 73.3 Å². The van der Waals surface area contributed by atoms with Gasteiger partial charge in [0.1, 0.15) is 22.7 Å². The van der Waals surface area contributed by atoms with Gasteiger partial charge in [-0.15, -0.1) is 0 Å². The molecule has 0 fully saturated rings. The number of amides is 2. The Hall–Kier alpha value is -5.86. The standard InChI is InChI=1S/C21H25N5O2.C20H23N5O2/c1-11-19(25-21(2,3)4)24-17-12(7-6-8-14(17)22-11)16-9-13-18(26(16)5)15(10-27)23-20(13)28;1-10-18(25-20(2,3)4)24-16-11(6-5-7-13(16)21-10)14-8-12-17(22-14)15(9-26)23-19(12)27/h6-9,15,27H,10H2,1-5H3,(H,23,28)(H,24,25);5-8,15,22,26H,9H2,1-4H3,(H,23,27)(H,24,25). The molecule has 55 heavy (non-hydrogen) atoms. The van der Waals surface area contributed by atoms with E-state index in [1.807, 2.05) is 74.0 Å². The number of aromatic nitrogens is 6. The minimum Gasteiger partial charge on any atom is -0.394 e. The fraction of sp³-hybridized carbons (Fsp3) is 0.366. The van der Waals surface area contributed by atoms with Crippen molar-refractivity contribution in [2.45, 2.75) is 78.6 Å². The predicted octanol–water partition coefficient (Wildman–Crippen LogP) is 5.85. The number of carbonyl (C=O) groups is 2. The normalized spacial score (nSPS) is 16.4. The molecule has 4 aromatic heterocycles. The van der Waals surface area contributed by atoms with Gasteiger partial charge in [-0.1, -0.05) is 24.3 Å². The molecule has 2 unspecified atom stereocenters. The van der Waals surface area contributed by atoms with Crippen molar-refractivity contribution in [2.75, 3.05) is 23.8 Å². The van der Waals surface area contributed by atoms with Crippen LogP contribution in [-0.4, -0.2) is 75.8 Å². The zero-order valence-corrected chi connectivity index (χ0v) is 32.6. The summed E-state index contributed by atoms with van der Waals surface area (Å²) in [5.41, 5.74) is 10.7. The monoisotopic (exact) mass is 744 g/mol. The van der Waals surface area contributed by atoms with E-state index in [9.17, 15) is 19.8 Å². The second-order valence-electron chi connectivity index (χ2n) is 16.2. The van der Waals surface area contributed by atoms with E-state index in [1.54, 1.807) is 0 Å². The van der Waals surface area contributed by atoms with Crippen LogP contribution in [0.4, 0.5) is 11.6 Å². The molecule has 0 spiro atoms. The number of anilines is 2. The highest BCUT2D eigenvalue weighted by molar-refractivity contribution is 6.03. The molecule has 14 nitrogen and oxygen atoms in total. The van der Waals surface area contributed by atoms with Crippen molar-refractivity contribution in [3.8, 4) is 22.5 Å². The van der Waals surface area contributed by atoms with Crippen LogP contribution >= 0.6 is 0 Å². The van der Waals surface area contributed by atoms with Crippen LogP contribution in [0.3, 0.4) is 0 Å². The zero-order chi connectivity index (χ0) is 39.6. The number of para-hydroxylation sites is 2. The molecular formula is C41H48N10O4. The second-order valence-corrected chi connectivity index (χ2v) is 16.2. The first-order valence-electron chi connectivity index (χ1n) is 18.3. The molecule has 7 N–H and O–H groups in total. The zero-order valence-electron chi connectivity index (χ0n) is 32.6. The third kappa shape index (κ3) is 7.10. The Labute approximate surface area is 319 Å². The summed E-state index contributed by atoms with van der Waals surface area (Å²) in [7, 11) is 1.91. The van der Waals surface area contributed by atoms with Crippen molar-refractivity contribution in [1.82, 2.24) is 40.1 Å². The number of rotatable bonds is 6. The van der Waals surface area contributed by atoms with Crippen LogP contribution in [0.15, 0.2) is 48.5 Å². The van der Waals surface area contributed by atoms with Crippen LogP contribution in [0.2, 0.25) is 0 Å². The van der Waals surface area contributed by atoms with Gasteiger partial charge in [-0.25, -0.2) is 19.9 Å². The molecule has 14 heteroatoms. The fourth-order valence-corrected chi connectivity index (χ4v) is 7.14. The molecule has 0 radical (unpaired) electrons. The topological polar surface area (TPSA) is 195 Å². The van der Waals surface area contributed by atoms with Gasteiger partial charge < -0.3 is 41.0 Å². The molecule has 0 aliphatic carbocycles. The molecule has 2 aromatic carbocycles. The maximum absolute atomic E-state index is 12.3. The Morgan fingerprint density at radius 3 is 1.75 bits per heavy atom. The van der Waals surface area contributed by atoms with Crippen LogP contribution in [0.5, 0.6) is 0 Å². The minimum absolute atomic E-state index is 0.135. The van der Waals surface area contributed by atoms with E-state index in [4.69, 9.17) is 19.9 Å². The molecule has 286 valence electrons. The van der Waals surface area contributed by atoms with Crippen molar-refractivity contribution in [1.29, 1.82) is 0 Å². The third-order valence-corrected chi connectivity index (χ3v) is 9.56. The first kappa shape index (κ1) is 37.5. The lowest BCUT2D eigenvalue weighted by Crippen LogP contribution is -2.27. The van der Waals surface area contributed by atoms with Gasteiger partial charge in [-0.05, 0) is 79.7 Å². The molecule has 0 saturated carbocycles. The van der Waals surface area contributed by atoms with Crippen molar-refractivity contribution >= 4 is 45.5 Å². The van der Waals surface area contributed by atoms with E-state index >= 15 is 0 Å². The number of hydrogen-bond donors (Lipinski definition) is 7. The summed E-state index contributed by atoms with van der Waals surface area (Å²) < 4.78 is 1.96. The van der Waals surface area contributed by atoms with E-state index in [1.165, 1.54) is 0 Å². The third-order valence-electron chi connectivity index (χ3n) is 9.56. The fourth-order valence-electron chi connectivity index (χ4n) is 7.14. The number of hydrogen-bond acceptors (Lipinski definition) is 10. The summed E-state index contributed by atoms with van der Waals surface area (Å²) in [6.45, 7) is 16.1. The van der Waals surface area contributed by atoms with Crippen LogP contribution < -0.4 is 21.3 Å². The predicted molar refractivity (Wildman–Crippen MR) is 214 cm³/mol. The lowest BCUT2D eigenvalue weighted by Gasteiger charge is -2.22. The molecular weight excluding hydrogens is 697 g/mol. The van der Waals surface area contributed by atoms with Crippen molar-refractivity contribution in [2.24, 2.45) is 7.05 Å². The van der Waals surface area contributed by atoms with E-state index in [-0.39, 0.29) is 42.1 Å². The van der Waals surface area contributed by atoms with Gasteiger partial charge in [0.05, 0.1) is 75.9 Å². The molecule has 2 aliphatic rings. The Kier molecular flexibility index (Phi) is 9.38. The van der Waals surface area contributed by atoms with Crippen molar-refractivity contribution in [3.05, 3.63) is 82.4 Å². The van der Waals surface area contributed by atoms with E-state index in [2.05, 4.69) is 67.8 Å². The van der Waals surface area contributed by atoms with Crippen LogP contribution in [-0.2, 0) is 7.05 Å². The van der Waals surface area contributed by atoms with Gasteiger partial charge >= 0.3 is 0 Å². The largest absolute Gasteiger partial charge is 0.394 e. The van der Waals surface area contributed by atoms with Gasteiger partial charge in [0.15, 0.2) is 0 Å². The van der Waals surface area contributed by atoms with E-state index < -0.39 is 6.04 Å². The number of fused-ring (bicyclic) bond motifs is 4. The number of benzene rings is 2. The summed E-state index contributed by atoms with van der Waals surface area (Å²) in [5, 5.41) is 31.5. The molecule has 8 rings (SSSR count). The Balaban J connectivity index is 0.000000169. The second kappa shape index (κ2) is 13.8. The Morgan fingerprint density at radius 1 is 0.691 bits per heavy atom. The maximum Gasteiger partial charge on any atom is 0.253 e. The molecule has 2 amide bonds. The van der Waals surface area contributed by atoms with Gasteiger partial charge in [-0.2, -0.15) is 0 Å². The van der Waals surface area contributed by atoms with Gasteiger partial charge in [-0.3, -0.25) is 9.59 Å². The van der Waals surface area contributed by atoms with Crippen LogP contribution in [0.1, 0.15) is 97.1 Å². The average molecular weight is 745 g/mol. The first-order valence-corrected chi connectivity index (χ1v) is 18.3. The lowest BCUT2D eigenvalue weighted by atomic mass is 10.1. The number of aliphatic hydroxyl groups excluding tert-OH is 2. The Bertz CT molecular complexity index is 2490. The number of aryl methyl sites for hydroxylation is 2. The number of carbonyl (C=O) groups excluding carboxylic acids is 2. The van der Waals surface area contributed by atoms with Gasteiger partial charge in [0.2, 0.25) is 0 Å². The minimum atomic E-state index is -0.400. The quantitative estimate of drug-likeness (QED) is 0.109. The van der Waals surface area contributed by atoms with Crippen LogP contribution in [0.25, 0.3) is 44.6 Å². The van der Waals surface area contributed by atoms with Crippen molar-refractivity contribution in [3.63, 3.8) is 0 Å². The number of aromatic amines is 1. The van der Waals surface area contributed by atoms with Crippen LogP contribution in [0, 0.1) is 13.8 Å². The Morgan fingerprint density at radius 2 is 1.20 bits per heavy atom. The molecule has 0 saturated heterocycles. The lowest BCUT2D eigenvalue weighted by molar-refractivity contribution is 0.0934. The smallest absolute Gasteiger partial charge is 0.253 e. The molecule has 2 aliphatic heterocycles. The molecule has 6 heterocycles. The highest BCUT2D eigenvalue weighted by Crippen LogP contribution is 2.37. The van der Waals surface area contributed by atoms with E-state index in [0.29, 0.717) is 16.8 Å². The number of aliphatic hydroxyl groups is 2. The number of nitrogens with zero attached hydrogens (tertiary/aromatic N) is 5. The summed E-state index contributed by atoms with van der Waals surface area (Å²) >= 11 is 0. The maximum atomic E-state index is 12.3.